The van der Waals surface area contributed by atoms with Gasteiger partial charge in [-0.1, -0.05) is 26.0 Å². The zero-order chi connectivity index (χ0) is 12.1. The lowest BCUT2D eigenvalue weighted by Crippen LogP contribution is -2.39. The molecule has 1 atom stereocenters. The lowest BCUT2D eigenvalue weighted by Gasteiger charge is -2.30. The van der Waals surface area contributed by atoms with E-state index in [0.717, 1.165) is 6.42 Å². The summed E-state index contributed by atoms with van der Waals surface area (Å²) < 4.78 is 13.6. The molecule has 0 aromatic heterocycles. The Hall–Kier alpha value is -1.09. The average molecular weight is 224 g/mol. The number of nitrogens with two attached hydrogens (primary N) is 1. The van der Waals surface area contributed by atoms with E-state index in [-0.39, 0.29) is 11.9 Å². The summed E-state index contributed by atoms with van der Waals surface area (Å²) in [5.41, 5.74) is 6.37. The summed E-state index contributed by atoms with van der Waals surface area (Å²) in [6.07, 6.45) is 0.974. The van der Waals surface area contributed by atoms with E-state index in [1.807, 2.05) is 18.0 Å². The van der Waals surface area contributed by atoms with Crippen molar-refractivity contribution >= 4 is 5.69 Å². The maximum atomic E-state index is 13.6. The van der Waals surface area contributed by atoms with Gasteiger partial charge in [0.05, 0.1) is 5.69 Å². The van der Waals surface area contributed by atoms with Crippen molar-refractivity contribution in [3.8, 4) is 0 Å². The van der Waals surface area contributed by atoms with Gasteiger partial charge < -0.3 is 10.6 Å². The second kappa shape index (κ2) is 5.85. The maximum absolute atomic E-state index is 13.6. The van der Waals surface area contributed by atoms with Crippen LogP contribution in [0, 0.1) is 11.7 Å². The molecule has 0 heterocycles. The van der Waals surface area contributed by atoms with Crippen LogP contribution in [0.4, 0.5) is 10.1 Å². The van der Waals surface area contributed by atoms with Gasteiger partial charge in [-0.2, -0.15) is 0 Å². The van der Waals surface area contributed by atoms with E-state index in [4.69, 9.17) is 5.73 Å². The van der Waals surface area contributed by atoms with Crippen LogP contribution in [0.15, 0.2) is 24.3 Å². The Bertz CT molecular complexity index is 325. The molecule has 1 aromatic rings. The Morgan fingerprint density at radius 1 is 1.31 bits per heavy atom. The van der Waals surface area contributed by atoms with Gasteiger partial charge in [-0.05, 0) is 24.5 Å². The molecule has 2 N–H and O–H groups in total. The molecule has 3 heteroatoms. The third-order valence-electron chi connectivity index (χ3n) is 2.80. The van der Waals surface area contributed by atoms with E-state index >= 15 is 0 Å². The van der Waals surface area contributed by atoms with E-state index < -0.39 is 0 Å². The molecule has 0 bridgehead atoms. The van der Waals surface area contributed by atoms with Crippen LogP contribution in [0.5, 0.6) is 0 Å². The second-order valence-corrected chi connectivity index (χ2v) is 4.58. The summed E-state index contributed by atoms with van der Waals surface area (Å²) in [4.78, 5) is 1.94. The zero-order valence-corrected chi connectivity index (χ0v) is 10.3. The predicted molar refractivity (Wildman–Crippen MR) is 67.1 cm³/mol. The summed E-state index contributed by atoms with van der Waals surface area (Å²) in [5.74, 6) is 0.370. The smallest absolute Gasteiger partial charge is 0.146 e. The third-order valence-corrected chi connectivity index (χ3v) is 2.80. The van der Waals surface area contributed by atoms with E-state index in [2.05, 4.69) is 13.8 Å². The van der Waals surface area contributed by atoms with Crippen LogP contribution in [-0.4, -0.2) is 19.6 Å². The molecule has 2 nitrogen and oxygen atoms in total. The van der Waals surface area contributed by atoms with Crippen molar-refractivity contribution in [3.63, 3.8) is 0 Å². The molecule has 0 aliphatic carbocycles. The highest BCUT2D eigenvalue weighted by Gasteiger charge is 2.17. The maximum Gasteiger partial charge on any atom is 0.146 e. The molecule has 0 aliphatic rings. The molecule has 1 unspecified atom stereocenters. The van der Waals surface area contributed by atoms with Crippen molar-refractivity contribution in [2.24, 2.45) is 11.7 Å². The largest absolute Gasteiger partial charge is 0.368 e. The predicted octanol–water partition coefficient (Wildman–Crippen LogP) is 2.64. The lowest BCUT2D eigenvalue weighted by molar-refractivity contribution is 0.480. The molecular weight excluding hydrogens is 203 g/mol. The first kappa shape index (κ1) is 13.0. The van der Waals surface area contributed by atoms with Crippen LogP contribution in [0.3, 0.4) is 0 Å². The summed E-state index contributed by atoms with van der Waals surface area (Å²) in [6.45, 7) is 4.85. The number of likely N-dealkylation sites (N-methyl/N-ethyl adjacent to an activating group) is 1. The van der Waals surface area contributed by atoms with Gasteiger partial charge >= 0.3 is 0 Å². The molecule has 90 valence electrons. The highest BCUT2D eigenvalue weighted by molar-refractivity contribution is 5.47. The van der Waals surface area contributed by atoms with Gasteiger partial charge in [0.15, 0.2) is 0 Å². The van der Waals surface area contributed by atoms with Gasteiger partial charge in [0.1, 0.15) is 5.82 Å². The first-order chi connectivity index (χ1) is 7.56. The molecule has 0 fully saturated rings. The first-order valence-electron chi connectivity index (χ1n) is 5.73. The molecule has 1 aromatic carbocycles. The third kappa shape index (κ3) is 3.20. The van der Waals surface area contributed by atoms with Crippen molar-refractivity contribution in [2.75, 3.05) is 18.5 Å². The van der Waals surface area contributed by atoms with Crippen LogP contribution >= 0.6 is 0 Å². The SMILES string of the molecule is CC(C)CC(CN)N(C)c1ccccc1F. The van der Waals surface area contributed by atoms with Crippen LogP contribution in [-0.2, 0) is 0 Å². The fourth-order valence-corrected chi connectivity index (χ4v) is 1.89. The molecular formula is C13H21FN2. The van der Waals surface area contributed by atoms with Crippen molar-refractivity contribution in [1.82, 2.24) is 0 Å². The van der Waals surface area contributed by atoms with Crippen molar-refractivity contribution in [3.05, 3.63) is 30.1 Å². The van der Waals surface area contributed by atoms with Crippen LogP contribution in [0.25, 0.3) is 0 Å². The first-order valence-corrected chi connectivity index (χ1v) is 5.73. The number of nitrogens with zero attached hydrogens (tertiary/aromatic N) is 1. The standard InChI is InChI=1S/C13H21FN2/c1-10(2)8-11(9-15)16(3)13-7-5-4-6-12(13)14/h4-7,10-11H,8-9,15H2,1-3H3. The Morgan fingerprint density at radius 3 is 2.44 bits per heavy atom. The molecule has 0 aliphatic heterocycles. The number of rotatable bonds is 5. The monoisotopic (exact) mass is 224 g/mol. The lowest BCUT2D eigenvalue weighted by atomic mass is 10.0. The van der Waals surface area contributed by atoms with E-state index in [1.54, 1.807) is 12.1 Å². The van der Waals surface area contributed by atoms with E-state index in [1.165, 1.54) is 6.07 Å². The number of anilines is 1. The molecule has 0 spiro atoms. The van der Waals surface area contributed by atoms with Crippen LogP contribution in [0.1, 0.15) is 20.3 Å². The van der Waals surface area contributed by atoms with Gasteiger partial charge in [-0.15, -0.1) is 0 Å². The summed E-state index contributed by atoms with van der Waals surface area (Å²) in [5, 5.41) is 0. The molecule has 0 amide bonds. The average Bonchev–Trinajstić information content (AvgIpc) is 2.25. The molecule has 0 saturated heterocycles. The van der Waals surface area contributed by atoms with Gasteiger partial charge in [0.25, 0.3) is 0 Å². The minimum absolute atomic E-state index is 0.188. The Labute approximate surface area is 97.3 Å². The summed E-state index contributed by atoms with van der Waals surface area (Å²) >= 11 is 0. The summed E-state index contributed by atoms with van der Waals surface area (Å²) in [7, 11) is 1.90. The van der Waals surface area contributed by atoms with Gasteiger partial charge in [0.2, 0.25) is 0 Å². The van der Waals surface area contributed by atoms with Crippen molar-refractivity contribution in [1.29, 1.82) is 0 Å². The molecule has 0 saturated carbocycles. The molecule has 0 radical (unpaired) electrons. The molecule has 16 heavy (non-hydrogen) atoms. The second-order valence-electron chi connectivity index (χ2n) is 4.58. The van der Waals surface area contributed by atoms with E-state index in [9.17, 15) is 4.39 Å². The Balaban J connectivity index is 2.82. The van der Waals surface area contributed by atoms with Crippen LogP contribution < -0.4 is 10.6 Å². The van der Waals surface area contributed by atoms with Crippen molar-refractivity contribution in [2.45, 2.75) is 26.3 Å². The normalized spacial score (nSPS) is 12.9. The minimum Gasteiger partial charge on any atom is -0.368 e. The topological polar surface area (TPSA) is 29.3 Å². The Kier molecular flexibility index (Phi) is 4.74. The summed E-state index contributed by atoms with van der Waals surface area (Å²) in [6, 6.07) is 7.01. The number of halogens is 1. The zero-order valence-electron chi connectivity index (χ0n) is 10.3. The fourth-order valence-electron chi connectivity index (χ4n) is 1.89. The quantitative estimate of drug-likeness (QED) is 0.833. The van der Waals surface area contributed by atoms with Crippen molar-refractivity contribution < 1.29 is 4.39 Å². The fraction of sp³-hybridized carbons (Fsp3) is 0.538. The number of hydrogen-bond acceptors (Lipinski definition) is 2. The minimum atomic E-state index is -0.188. The highest BCUT2D eigenvalue weighted by Crippen LogP contribution is 2.21. The number of benzene rings is 1. The van der Waals surface area contributed by atoms with Gasteiger partial charge in [0, 0.05) is 19.6 Å². The Morgan fingerprint density at radius 2 is 1.94 bits per heavy atom. The number of hydrogen-bond donors (Lipinski definition) is 1. The van der Waals surface area contributed by atoms with Crippen LogP contribution in [0.2, 0.25) is 0 Å². The van der Waals surface area contributed by atoms with E-state index in [0.29, 0.717) is 18.2 Å². The highest BCUT2D eigenvalue weighted by atomic mass is 19.1. The number of para-hydroxylation sites is 1. The van der Waals surface area contributed by atoms with Gasteiger partial charge in [-0.3, -0.25) is 0 Å². The molecule has 1 rings (SSSR count). The van der Waals surface area contributed by atoms with Gasteiger partial charge in [-0.25, -0.2) is 4.39 Å².